The highest BCUT2D eigenvalue weighted by Crippen LogP contribution is 2.20. The Bertz CT molecular complexity index is 671. The van der Waals surface area contributed by atoms with Crippen molar-refractivity contribution < 1.29 is 0 Å². The molecule has 3 rings (SSSR count). The summed E-state index contributed by atoms with van der Waals surface area (Å²) in [7, 11) is 0. The Morgan fingerprint density at radius 1 is 1.12 bits per heavy atom. The smallest absolute Gasteiger partial charge is 0.138 e. The molecule has 2 aromatic heterocycles. The van der Waals surface area contributed by atoms with Gasteiger partial charge in [-0.1, -0.05) is 12.1 Å². The van der Waals surface area contributed by atoms with Crippen LogP contribution in [0.1, 0.15) is 5.82 Å². The fraction of sp³-hybridized carbons (Fsp3) is 0.0769. The molecular formula is C13H10BrN3. The van der Waals surface area contributed by atoms with Gasteiger partial charge in [0.15, 0.2) is 0 Å². The molecule has 84 valence electrons. The van der Waals surface area contributed by atoms with E-state index in [0.717, 1.165) is 27.1 Å². The Kier molecular flexibility index (Phi) is 2.44. The molecule has 2 heterocycles. The zero-order valence-corrected chi connectivity index (χ0v) is 10.8. The third-order valence-corrected chi connectivity index (χ3v) is 3.14. The van der Waals surface area contributed by atoms with Crippen LogP contribution in [0.4, 0.5) is 0 Å². The lowest BCUT2D eigenvalue weighted by Gasteiger charge is -2.05. The third-order valence-electron chi connectivity index (χ3n) is 2.67. The van der Waals surface area contributed by atoms with E-state index in [0.29, 0.717) is 0 Å². The molecule has 0 aliphatic rings. The van der Waals surface area contributed by atoms with Gasteiger partial charge < -0.3 is 0 Å². The van der Waals surface area contributed by atoms with Gasteiger partial charge in [-0.05, 0) is 47.1 Å². The molecule has 0 atom stereocenters. The molecule has 0 N–H and O–H groups in total. The highest BCUT2D eigenvalue weighted by atomic mass is 79.9. The molecule has 0 unspecified atom stereocenters. The maximum Gasteiger partial charge on any atom is 0.138 e. The summed E-state index contributed by atoms with van der Waals surface area (Å²) in [6.45, 7) is 1.99. The van der Waals surface area contributed by atoms with Crippen molar-refractivity contribution in [3.63, 3.8) is 0 Å². The molecule has 0 amide bonds. The summed E-state index contributed by atoms with van der Waals surface area (Å²) in [6.07, 6.45) is 1.80. The second-order valence-electron chi connectivity index (χ2n) is 3.82. The van der Waals surface area contributed by atoms with Gasteiger partial charge in [-0.3, -0.25) is 4.57 Å². The largest absolute Gasteiger partial charge is 0.281 e. The second-order valence-corrected chi connectivity index (χ2v) is 4.73. The van der Waals surface area contributed by atoms with Gasteiger partial charge in [-0.15, -0.1) is 0 Å². The number of para-hydroxylation sites is 2. The number of hydrogen-bond acceptors (Lipinski definition) is 2. The first-order valence-electron chi connectivity index (χ1n) is 5.32. The number of benzene rings is 1. The van der Waals surface area contributed by atoms with E-state index in [1.807, 2.05) is 37.3 Å². The monoisotopic (exact) mass is 287 g/mol. The van der Waals surface area contributed by atoms with Crippen LogP contribution in [0, 0.1) is 6.92 Å². The minimum Gasteiger partial charge on any atom is -0.281 e. The van der Waals surface area contributed by atoms with Crippen LogP contribution in [0.3, 0.4) is 0 Å². The molecule has 0 fully saturated rings. The highest BCUT2D eigenvalue weighted by Gasteiger charge is 2.08. The molecule has 4 heteroatoms. The second kappa shape index (κ2) is 3.96. The summed E-state index contributed by atoms with van der Waals surface area (Å²) in [4.78, 5) is 8.93. The van der Waals surface area contributed by atoms with Gasteiger partial charge in [0.05, 0.1) is 11.0 Å². The summed E-state index contributed by atoms with van der Waals surface area (Å²) in [6, 6.07) is 12.0. The van der Waals surface area contributed by atoms with E-state index in [9.17, 15) is 0 Å². The van der Waals surface area contributed by atoms with Crippen molar-refractivity contribution in [3.05, 3.63) is 52.9 Å². The lowest BCUT2D eigenvalue weighted by molar-refractivity contribution is 0.955. The van der Waals surface area contributed by atoms with Crippen molar-refractivity contribution in [2.24, 2.45) is 0 Å². The molecule has 3 nitrogen and oxygen atoms in total. The van der Waals surface area contributed by atoms with Crippen molar-refractivity contribution in [1.29, 1.82) is 0 Å². The number of rotatable bonds is 1. The minimum absolute atomic E-state index is 0.888. The van der Waals surface area contributed by atoms with E-state index in [-0.39, 0.29) is 0 Å². The van der Waals surface area contributed by atoms with Gasteiger partial charge >= 0.3 is 0 Å². The molecule has 0 bridgehead atoms. The fourth-order valence-electron chi connectivity index (χ4n) is 1.94. The fourth-order valence-corrected chi connectivity index (χ4v) is 2.17. The van der Waals surface area contributed by atoms with E-state index in [4.69, 9.17) is 0 Å². The number of pyridine rings is 1. The van der Waals surface area contributed by atoms with Crippen LogP contribution in [0.25, 0.3) is 16.9 Å². The van der Waals surface area contributed by atoms with Crippen LogP contribution >= 0.6 is 15.9 Å². The molecule has 3 aromatic rings. The number of nitrogens with zero attached hydrogens (tertiary/aromatic N) is 3. The molecule has 1 aromatic carbocycles. The molecular weight excluding hydrogens is 278 g/mol. The standard InChI is InChI=1S/C13H10BrN3/c1-9-16-11-4-2-3-5-12(11)17(9)13-7-6-10(14)8-15-13/h2-8H,1H3. The number of aryl methyl sites for hydroxylation is 1. The van der Waals surface area contributed by atoms with Crippen molar-refractivity contribution in [2.45, 2.75) is 6.92 Å². The van der Waals surface area contributed by atoms with Crippen molar-refractivity contribution in [1.82, 2.24) is 14.5 Å². The summed E-state index contributed by atoms with van der Waals surface area (Å²) in [5, 5.41) is 0. The van der Waals surface area contributed by atoms with E-state index >= 15 is 0 Å². The highest BCUT2D eigenvalue weighted by molar-refractivity contribution is 9.10. The van der Waals surface area contributed by atoms with Gasteiger partial charge in [-0.2, -0.15) is 0 Å². The Morgan fingerprint density at radius 2 is 1.94 bits per heavy atom. The number of fused-ring (bicyclic) bond motifs is 1. The van der Waals surface area contributed by atoms with Crippen LogP contribution in [0.15, 0.2) is 47.1 Å². The normalized spacial score (nSPS) is 10.9. The zero-order chi connectivity index (χ0) is 11.8. The lowest BCUT2D eigenvalue weighted by atomic mass is 10.3. The van der Waals surface area contributed by atoms with Crippen LogP contribution in [-0.2, 0) is 0 Å². The van der Waals surface area contributed by atoms with Crippen LogP contribution < -0.4 is 0 Å². The third kappa shape index (κ3) is 1.74. The molecule has 0 aliphatic heterocycles. The lowest BCUT2D eigenvalue weighted by Crippen LogP contribution is -1.99. The molecule has 0 saturated heterocycles. The predicted molar refractivity (Wildman–Crippen MR) is 71.3 cm³/mol. The number of aromatic nitrogens is 3. The SMILES string of the molecule is Cc1nc2ccccc2n1-c1ccc(Br)cn1. The van der Waals surface area contributed by atoms with Crippen LogP contribution in [-0.4, -0.2) is 14.5 Å². The van der Waals surface area contributed by atoms with Gasteiger partial charge in [0, 0.05) is 10.7 Å². The maximum absolute atomic E-state index is 4.52. The van der Waals surface area contributed by atoms with Crippen molar-refractivity contribution >= 4 is 27.0 Å². The first kappa shape index (κ1) is 10.5. The Hall–Kier alpha value is -1.68. The summed E-state index contributed by atoms with van der Waals surface area (Å²) in [5.74, 6) is 1.83. The van der Waals surface area contributed by atoms with Crippen molar-refractivity contribution in [3.8, 4) is 5.82 Å². The molecule has 0 radical (unpaired) electrons. The Balaban J connectivity index is 2.29. The van der Waals surface area contributed by atoms with Crippen molar-refractivity contribution in [2.75, 3.05) is 0 Å². The summed E-state index contributed by atoms with van der Waals surface area (Å²) < 4.78 is 3.03. The zero-order valence-electron chi connectivity index (χ0n) is 9.26. The first-order chi connectivity index (χ1) is 8.25. The van der Waals surface area contributed by atoms with Crippen LogP contribution in [0.5, 0.6) is 0 Å². The van der Waals surface area contributed by atoms with Gasteiger partial charge in [0.1, 0.15) is 11.6 Å². The average molecular weight is 288 g/mol. The Morgan fingerprint density at radius 3 is 2.71 bits per heavy atom. The molecule has 0 spiro atoms. The van der Waals surface area contributed by atoms with E-state index in [1.165, 1.54) is 0 Å². The quantitative estimate of drug-likeness (QED) is 0.686. The summed E-state index contributed by atoms with van der Waals surface area (Å²) in [5.41, 5.74) is 2.08. The first-order valence-corrected chi connectivity index (χ1v) is 6.11. The maximum atomic E-state index is 4.52. The summed E-state index contributed by atoms with van der Waals surface area (Å²) >= 11 is 3.39. The molecule has 0 aliphatic carbocycles. The topological polar surface area (TPSA) is 30.7 Å². The Labute approximate surface area is 107 Å². The molecule has 0 saturated carbocycles. The van der Waals surface area contributed by atoms with Crippen LogP contribution in [0.2, 0.25) is 0 Å². The number of halogens is 1. The predicted octanol–water partition coefficient (Wildman–Crippen LogP) is 3.49. The molecule has 17 heavy (non-hydrogen) atoms. The number of imidazole rings is 1. The van der Waals surface area contributed by atoms with E-state index in [1.54, 1.807) is 6.20 Å². The minimum atomic E-state index is 0.888. The van der Waals surface area contributed by atoms with E-state index in [2.05, 4.69) is 36.5 Å². The van der Waals surface area contributed by atoms with E-state index < -0.39 is 0 Å². The average Bonchev–Trinajstić information content (AvgIpc) is 2.66. The van der Waals surface area contributed by atoms with Gasteiger partial charge in [-0.25, -0.2) is 9.97 Å². The van der Waals surface area contributed by atoms with Gasteiger partial charge in [0.25, 0.3) is 0 Å². The number of hydrogen-bond donors (Lipinski definition) is 0. The van der Waals surface area contributed by atoms with Gasteiger partial charge in [0.2, 0.25) is 0 Å².